The monoisotopic (exact) mass is 382 g/mol. The third-order valence-electron chi connectivity index (χ3n) is 4.71. The van der Waals surface area contributed by atoms with E-state index in [0.29, 0.717) is 24.5 Å². The van der Waals surface area contributed by atoms with Crippen LogP contribution in [0, 0.1) is 0 Å². The molecule has 1 atom stereocenters. The number of carbonyl (C=O) groups excluding carboxylic acids is 2. The Morgan fingerprint density at radius 2 is 1.96 bits per heavy atom. The van der Waals surface area contributed by atoms with Crippen LogP contribution in [-0.4, -0.2) is 38.1 Å². The van der Waals surface area contributed by atoms with Crippen molar-refractivity contribution in [2.24, 2.45) is 0 Å². The molecule has 28 heavy (non-hydrogen) atoms. The molecule has 1 heterocycles. The number of nitrogens with zero attached hydrogens (tertiary/aromatic N) is 1. The minimum absolute atomic E-state index is 0.0155. The molecule has 0 radical (unpaired) electrons. The Morgan fingerprint density at radius 3 is 2.68 bits per heavy atom. The molecule has 0 aliphatic carbocycles. The second kappa shape index (κ2) is 9.26. The van der Waals surface area contributed by atoms with E-state index in [4.69, 9.17) is 9.47 Å². The molecule has 1 aliphatic heterocycles. The van der Waals surface area contributed by atoms with Gasteiger partial charge in [-0.2, -0.15) is 0 Å². The molecular formula is C22H26N2O4. The van der Waals surface area contributed by atoms with Gasteiger partial charge in [-0.1, -0.05) is 19.4 Å². The molecule has 0 bridgehead atoms. The summed E-state index contributed by atoms with van der Waals surface area (Å²) >= 11 is 0. The fourth-order valence-corrected chi connectivity index (χ4v) is 3.14. The van der Waals surface area contributed by atoms with Gasteiger partial charge in [0.15, 0.2) is 0 Å². The zero-order chi connectivity index (χ0) is 19.9. The van der Waals surface area contributed by atoms with Crippen molar-refractivity contribution in [3.05, 3.63) is 54.1 Å². The van der Waals surface area contributed by atoms with Gasteiger partial charge in [-0.3, -0.25) is 9.59 Å². The number of rotatable bonds is 8. The number of benzene rings is 2. The lowest BCUT2D eigenvalue weighted by Crippen LogP contribution is -2.37. The number of anilines is 1. The Bertz CT molecular complexity index is 820. The van der Waals surface area contributed by atoms with Crippen molar-refractivity contribution in [3.63, 3.8) is 0 Å². The van der Waals surface area contributed by atoms with Gasteiger partial charge >= 0.3 is 0 Å². The average molecular weight is 382 g/mol. The topological polar surface area (TPSA) is 67.9 Å². The van der Waals surface area contributed by atoms with E-state index in [9.17, 15) is 9.59 Å². The first-order valence-corrected chi connectivity index (χ1v) is 9.59. The lowest BCUT2D eigenvalue weighted by atomic mass is 10.2. The minimum Gasteiger partial charge on any atom is -0.497 e. The van der Waals surface area contributed by atoms with E-state index in [1.54, 1.807) is 36.3 Å². The van der Waals surface area contributed by atoms with Crippen LogP contribution in [0.25, 0.3) is 0 Å². The van der Waals surface area contributed by atoms with Crippen LogP contribution in [-0.2, 0) is 4.79 Å². The van der Waals surface area contributed by atoms with Crippen LogP contribution in [0.2, 0.25) is 0 Å². The maximum atomic E-state index is 12.5. The molecule has 1 aliphatic rings. The average Bonchev–Trinajstić information content (AvgIpc) is 3.08. The first-order valence-electron chi connectivity index (χ1n) is 9.59. The van der Waals surface area contributed by atoms with Crippen LogP contribution in [0.4, 0.5) is 5.69 Å². The highest BCUT2D eigenvalue weighted by atomic mass is 16.5. The summed E-state index contributed by atoms with van der Waals surface area (Å²) in [6.07, 6.45) is 2.36. The van der Waals surface area contributed by atoms with E-state index < -0.39 is 0 Å². The van der Waals surface area contributed by atoms with Crippen molar-refractivity contribution in [2.75, 3.05) is 25.2 Å². The Kier molecular flexibility index (Phi) is 6.53. The number of carbonyl (C=O) groups is 2. The lowest BCUT2D eigenvalue weighted by molar-refractivity contribution is -0.117. The Morgan fingerprint density at radius 1 is 1.18 bits per heavy atom. The van der Waals surface area contributed by atoms with E-state index in [1.807, 2.05) is 24.3 Å². The molecule has 2 amide bonds. The van der Waals surface area contributed by atoms with E-state index in [1.165, 1.54) is 0 Å². The van der Waals surface area contributed by atoms with Gasteiger partial charge in [0.1, 0.15) is 11.5 Å². The van der Waals surface area contributed by atoms with E-state index in [-0.39, 0.29) is 24.3 Å². The molecule has 0 spiro atoms. The van der Waals surface area contributed by atoms with E-state index in [2.05, 4.69) is 12.2 Å². The second-order valence-corrected chi connectivity index (χ2v) is 6.81. The molecule has 2 aromatic carbocycles. The quantitative estimate of drug-likeness (QED) is 0.711. The van der Waals surface area contributed by atoms with Crippen molar-refractivity contribution in [1.29, 1.82) is 0 Å². The largest absolute Gasteiger partial charge is 0.497 e. The van der Waals surface area contributed by atoms with Gasteiger partial charge < -0.3 is 19.7 Å². The van der Waals surface area contributed by atoms with Crippen LogP contribution in [0.15, 0.2) is 48.5 Å². The van der Waals surface area contributed by atoms with Crippen molar-refractivity contribution in [2.45, 2.75) is 32.2 Å². The third-order valence-corrected chi connectivity index (χ3v) is 4.71. The van der Waals surface area contributed by atoms with Crippen LogP contribution in [0.3, 0.4) is 0 Å². The number of hydrogen-bond acceptors (Lipinski definition) is 4. The molecule has 1 saturated heterocycles. The Hall–Kier alpha value is -3.02. The Labute approximate surface area is 165 Å². The minimum atomic E-state index is -0.230. The van der Waals surface area contributed by atoms with Gasteiger partial charge in [0.25, 0.3) is 5.91 Å². The molecule has 1 fully saturated rings. The highest BCUT2D eigenvalue weighted by molar-refractivity contribution is 5.99. The number of nitrogens with one attached hydrogen (secondary N) is 1. The summed E-state index contributed by atoms with van der Waals surface area (Å²) in [6, 6.07) is 14.2. The predicted octanol–water partition coefficient (Wildman–Crippen LogP) is 3.41. The molecule has 0 unspecified atom stereocenters. The number of amides is 2. The Balaban J connectivity index is 1.58. The summed E-state index contributed by atoms with van der Waals surface area (Å²) in [6.45, 7) is 3.22. The van der Waals surface area contributed by atoms with Crippen LogP contribution in [0.5, 0.6) is 11.5 Å². The van der Waals surface area contributed by atoms with Crippen molar-refractivity contribution in [1.82, 2.24) is 5.32 Å². The standard InChI is InChI=1S/C22H26N2O4/c1-3-4-12-28-19-10-8-16(9-11-19)22(26)23-17-13-21(25)24(15-17)18-6-5-7-20(14-18)27-2/h5-11,14,17H,3-4,12-13,15H2,1-2H3,(H,23,26)/t17-/m0/s1. The van der Waals surface area contributed by atoms with Gasteiger partial charge in [0.2, 0.25) is 5.91 Å². The molecule has 0 aromatic heterocycles. The van der Waals surface area contributed by atoms with Gasteiger partial charge in [-0.25, -0.2) is 0 Å². The summed E-state index contributed by atoms with van der Waals surface area (Å²) in [7, 11) is 1.59. The highest BCUT2D eigenvalue weighted by Gasteiger charge is 2.31. The second-order valence-electron chi connectivity index (χ2n) is 6.81. The van der Waals surface area contributed by atoms with Crippen LogP contribution in [0.1, 0.15) is 36.5 Å². The van der Waals surface area contributed by atoms with Gasteiger partial charge in [-0.05, 0) is 42.8 Å². The summed E-state index contributed by atoms with van der Waals surface area (Å²) in [5.41, 5.74) is 1.32. The smallest absolute Gasteiger partial charge is 0.251 e. The first-order chi connectivity index (χ1) is 13.6. The number of ether oxygens (including phenoxy) is 2. The zero-order valence-corrected chi connectivity index (χ0v) is 16.3. The molecule has 3 rings (SSSR count). The van der Waals surface area contributed by atoms with Crippen molar-refractivity contribution >= 4 is 17.5 Å². The lowest BCUT2D eigenvalue weighted by Gasteiger charge is -2.18. The van der Waals surface area contributed by atoms with Crippen LogP contribution >= 0.6 is 0 Å². The maximum Gasteiger partial charge on any atom is 0.251 e. The summed E-state index contributed by atoms with van der Waals surface area (Å²) in [5, 5.41) is 2.95. The molecule has 6 heteroatoms. The van der Waals surface area contributed by atoms with E-state index in [0.717, 1.165) is 24.3 Å². The van der Waals surface area contributed by atoms with Gasteiger partial charge in [0.05, 0.1) is 19.8 Å². The van der Waals surface area contributed by atoms with Gasteiger partial charge in [0, 0.05) is 30.3 Å². The molecule has 6 nitrogen and oxygen atoms in total. The highest BCUT2D eigenvalue weighted by Crippen LogP contribution is 2.25. The molecule has 148 valence electrons. The number of unbranched alkanes of at least 4 members (excludes halogenated alkanes) is 1. The molecule has 0 saturated carbocycles. The third kappa shape index (κ3) is 4.82. The summed E-state index contributed by atoms with van der Waals surface area (Å²) in [5.74, 6) is 1.24. The summed E-state index contributed by atoms with van der Waals surface area (Å²) in [4.78, 5) is 26.6. The fourth-order valence-electron chi connectivity index (χ4n) is 3.14. The summed E-state index contributed by atoms with van der Waals surface area (Å²) < 4.78 is 10.8. The fraction of sp³-hybridized carbons (Fsp3) is 0.364. The van der Waals surface area contributed by atoms with Crippen molar-refractivity contribution in [3.8, 4) is 11.5 Å². The molecule has 2 aromatic rings. The number of hydrogen-bond donors (Lipinski definition) is 1. The van der Waals surface area contributed by atoms with Crippen molar-refractivity contribution < 1.29 is 19.1 Å². The molecule has 1 N–H and O–H groups in total. The maximum absolute atomic E-state index is 12.5. The normalized spacial score (nSPS) is 16.1. The zero-order valence-electron chi connectivity index (χ0n) is 16.3. The van der Waals surface area contributed by atoms with E-state index >= 15 is 0 Å². The SMILES string of the molecule is CCCCOc1ccc(C(=O)N[C@H]2CC(=O)N(c3cccc(OC)c3)C2)cc1. The molecular weight excluding hydrogens is 356 g/mol. The van der Waals surface area contributed by atoms with Gasteiger partial charge in [-0.15, -0.1) is 0 Å². The predicted molar refractivity (Wildman–Crippen MR) is 108 cm³/mol. The number of methoxy groups -OCH3 is 1. The van der Waals surface area contributed by atoms with Crippen LogP contribution < -0.4 is 19.7 Å². The first kappa shape index (κ1) is 19.7.